The molecule has 3 nitrogen and oxygen atoms in total. The third kappa shape index (κ3) is 1.48. The van der Waals surface area contributed by atoms with E-state index in [1.165, 1.54) is 0 Å². The molecule has 1 aromatic heterocycles. The van der Waals surface area contributed by atoms with Gasteiger partial charge in [0, 0.05) is 12.5 Å². The maximum absolute atomic E-state index is 9.13. The minimum absolute atomic E-state index is 0.252. The summed E-state index contributed by atoms with van der Waals surface area (Å²) in [5.74, 6) is 1.68. The third-order valence-corrected chi connectivity index (χ3v) is 2.03. The number of hydrogen-bond acceptors (Lipinski definition) is 3. The average Bonchev–Trinajstić information content (AvgIpc) is 2.47. The molecule has 0 atom stereocenters. The van der Waals surface area contributed by atoms with Gasteiger partial charge in [-0.1, -0.05) is 0 Å². The van der Waals surface area contributed by atoms with Crippen molar-refractivity contribution >= 4 is 0 Å². The molecule has 0 saturated heterocycles. The Morgan fingerprint density at radius 2 is 1.79 bits per heavy atom. The van der Waals surface area contributed by atoms with E-state index in [2.05, 4.69) is 4.98 Å². The normalized spacial score (nSPS) is 10.4. The lowest BCUT2D eigenvalue weighted by Crippen LogP contribution is -1.77. The molecule has 0 unspecified atom stereocenters. The van der Waals surface area contributed by atoms with Crippen LogP contribution in [-0.4, -0.2) is 10.1 Å². The van der Waals surface area contributed by atoms with Gasteiger partial charge in [0.1, 0.15) is 5.75 Å². The zero-order chi connectivity index (χ0) is 10.1. The van der Waals surface area contributed by atoms with E-state index >= 15 is 0 Å². The van der Waals surface area contributed by atoms with Crippen LogP contribution in [-0.2, 0) is 0 Å². The van der Waals surface area contributed by atoms with Crippen molar-refractivity contribution in [2.24, 2.45) is 0 Å². The fourth-order valence-electron chi connectivity index (χ4n) is 1.41. The van der Waals surface area contributed by atoms with Crippen LogP contribution >= 0.6 is 0 Å². The molecule has 3 heteroatoms. The Hall–Kier alpha value is -1.77. The van der Waals surface area contributed by atoms with Crippen molar-refractivity contribution in [2.75, 3.05) is 0 Å². The first-order valence-corrected chi connectivity index (χ1v) is 4.40. The van der Waals surface area contributed by atoms with Crippen molar-refractivity contribution in [3.63, 3.8) is 0 Å². The molecule has 0 radical (unpaired) electrons. The number of hydrogen-bond donors (Lipinski definition) is 1. The first-order valence-electron chi connectivity index (χ1n) is 4.40. The largest absolute Gasteiger partial charge is 0.508 e. The zero-order valence-electron chi connectivity index (χ0n) is 8.11. The van der Waals surface area contributed by atoms with E-state index in [4.69, 9.17) is 9.52 Å². The number of nitrogens with zero attached hydrogens (tertiary/aromatic N) is 1. The first kappa shape index (κ1) is 8.81. The van der Waals surface area contributed by atoms with Gasteiger partial charge < -0.3 is 9.52 Å². The summed E-state index contributed by atoms with van der Waals surface area (Å²) in [6, 6.07) is 6.88. The Kier molecular flexibility index (Phi) is 2.00. The topological polar surface area (TPSA) is 46.3 Å². The molecule has 1 N–H and O–H groups in total. The number of benzene rings is 1. The minimum atomic E-state index is 0.252. The monoisotopic (exact) mass is 189 g/mol. The summed E-state index contributed by atoms with van der Waals surface area (Å²) in [7, 11) is 0. The smallest absolute Gasteiger partial charge is 0.192 e. The van der Waals surface area contributed by atoms with Gasteiger partial charge in [0.15, 0.2) is 11.7 Å². The van der Waals surface area contributed by atoms with Gasteiger partial charge in [0.05, 0.1) is 5.69 Å². The highest BCUT2D eigenvalue weighted by Crippen LogP contribution is 2.25. The van der Waals surface area contributed by atoms with Gasteiger partial charge in [0.2, 0.25) is 0 Å². The van der Waals surface area contributed by atoms with E-state index in [1.54, 1.807) is 12.1 Å². The van der Waals surface area contributed by atoms with Gasteiger partial charge in [0.25, 0.3) is 0 Å². The summed E-state index contributed by atoms with van der Waals surface area (Å²) < 4.78 is 5.45. The van der Waals surface area contributed by atoms with E-state index in [0.717, 1.165) is 17.0 Å². The standard InChI is InChI=1S/C11H11NO2/c1-7-11(14-8(2)12-7)9-3-5-10(13)6-4-9/h3-6,13H,1-2H3. The second-order valence-corrected chi connectivity index (χ2v) is 3.19. The van der Waals surface area contributed by atoms with E-state index in [1.807, 2.05) is 26.0 Å². The van der Waals surface area contributed by atoms with Crippen molar-refractivity contribution in [1.29, 1.82) is 0 Å². The quantitative estimate of drug-likeness (QED) is 0.750. The molecule has 1 heterocycles. The Morgan fingerprint density at radius 1 is 1.14 bits per heavy atom. The second kappa shape index (κ2) is 3.18. The molecular formula is C11H11NO2. The van der Waals surface area contributed by atoms with Crippen molar-refractivity contribution in [1.82, 2.24) is 4.98 Å². The summed E-state index contributed by atoms with van der Waals surface area (Å²) in [4.78, 5) is 4.18. The van der Waals surface area contributed by atoms with Gasteiger partial charge in [-0.2, -0.15) is 0 Å². The van der Waals surface area contributed by atoms with Gasteiger partial charge >= 0.3 is 0 Å². The van der Waals surface area contributed by atoms with Crippen LogP contribution in [0, 0.1) is 13.8 Å². The third-order valence-electron chi connectivity index (χ3n) is 2.03. The number of aromatic nitrogens is 1. The molecule has 0 fully saturated rings. The fourth-order valence-corrected chi connectivity index (χ4v) is 1.41. The van der Waals surface area contributed by atoms with Crippen LogP contribution < -0.4 is 0 Å². The summed E-state index contributed by atoms with van der Waals surface area (Å²) in [5.41, 5.74) is 1.80. The van der Waals surface area contributed by atoms with E-state index in [-0.39, 0.29) is 5.75 Å². The van der Waals surface area contributed by atoms with Gasteiger partial charge in [-0.3, -0.25) is 0 Å². The van der Waals surface area contributed by atoms with Crippen molar-refractivity contribution in [3.05, 3.63) is 35.9 Å². The highest BCUT2D eigenvalue weighted by molar-refractivity contribution is 5.60. The molecule has 1 aromatic carbocycles. The number of phenolic OH excluding ortho intramolecular Hbond substituents is 1. The maximum Gasteiger partial charge on any atom is 0.192 e. The predicted molar refractivity (Wildman–Crippen MR) is 53.1 cm³/mol. The van der Waals surface area contributed by atoms with Crippen LogP contribution in [0.5, 0.6) is 5.75 Å². The van der Waals surface area contributed by atoms with Gasteiger partial charge in [-0.05, 0) is 31.2 Å². The van der Waals surface area contributed by atoms with Crippen LogP contribution in [0.3, 0.4) is 0 Å². The number of aryl methyl sites for hydroxylation is 2. The molecule has 14 heavy (non-hydrogen) atoms. The average molecular weight is 189 g/mol. The highest BCUT2D eigenvalue weighted by Gasteiger charge is 2.08. The molecule has 0 spiro atoms. The molecule has 0 aliphatic carbocycles. The van der Waals surface area contributed by atoms with E-state index in [0.29, 0.717) is 5.89 Å². The summed E-state index contributed by atoms with van der Waals surface area (Å²) in [6.07, 6.45) is 0. The lowest BCUT2D eigenvalue weighted by Gasteiger charge is -1.97. The molecule has 0 saturated carbocycles. The zero-order valence-corrected chi connectivity index (χ0v) is 8.11. The first-order chi connectivity index (χ1) is 6.66. The van der Waals surface area contributed by atoms with Crippen molar-refractivity contribution < 1.29 is 9.52 Å². The molecule has 0 bridgehead atoms. The predicted octanol–water partition coefficient (Wildman–Crippen LogP) is 2.66. The lowest BCUT2D eigenvalue weighted by molar-refractivity contribution is 0.475. The van der Waals surface area contributed by atoms with E-state index < -0.39 is 0 Å². The van der Waals surface area contributed by atoms with E-state index in [9.17, 15) is 0 Å². The van der Waals surface area contributed by atoms with Crippen LogP contribution in [0.1, 0.15) is 11.6 Å². The van der Waals surface area contributed by atoms with Crippen LogP contribution in [0.25, 0.3) is 11.3 Å². The Labute approximate surface area is 82.0 Å². The summed E-state index contributed by atoms with van der Waals surface area (Å²) in [6.45, 7) is 3.72. The summed E-state index contributed by atoms with van der Waals surface area (Å²) >= 11 is 0. The number of aromatic hydroxyl groups is 1. The molecule has 72 valence electrons. The molecule has 0 amide bonds. The lowest BCUT2D eigenvalue weighted by atomic mass is 10.1. The molecular weight excluding hydrogens is 178 g/mol. The number of rotatable bonds is 1. The maximum atomic E-state index is 9.13. The Morgan fingerprint density at radius 3 is 2.29 bits per heavy atom. The van der Waals surface area contributed by atoms with Crippen LogP contribution in [0.2, 0.25) is 0 Å². The molecule has 0 aliphatic rings. The minimum Gasteiger partial charge on any atom is -0.508 e. The van der Waals surface area contributed by atoms with Crippen LogP contribution in [0.4, 0.5) is 0 Å². The summed E-state index contributed by atoms with van der Waals surface area (Å²) in [5, 5.41) is 9.13. The second-order valence-electron chi connectivity index (χ2n) is 3.19. The Bertz CT molecular complexity index is 443. The highest BCUT2D eigenvalue weighted by atomic mass is 16.4. The number of oxazole rings is 1. The van der Waals surface area contributed by atoms with Crippen LogP contribution in [0.15, 0.2) is 28.7 Å². The fraction of sp³-hybridized carbons (Fsp3) is 0.182. The Balaban J connectivity index is 2.49. The van der Waals surface area contributed by atoms with Crippen molar-refractivity contribution in [3.8, 4) is 17.1 Å². The molecule has 0 aliphatic heterocycles. The van der Waals surface area contributed by atoms with Crippen molar-refractivity contribution in [2.45, 2.75) is 13.8 Å². The molecule has 2 aromatic rings. The SMILES string of the molecule is Cc1nc(C)c(-c2ccc(O)cc2)o1. The van der Waals surface area contributed by atoms with Gasteiger partial charge in [-0.25, -0.2) is 4.98 Å². The number of phenols is 1. The van der Waals surface area contributed by atoms with Gasteiger partial charge in [-0.15, -0.1) is 0 Å². The molecule has 2 rings (SSSR count).